The Labute approximate surface area is 203 Å². The van der Waals surface area contributed by atoms with E-state index in [0.717, 1.165) is 43.5 Å². The first-order valence-electron chi connectivity index (χ1n) is 11.0. The summed E-state index contributed by atoms with van der Waals surface area (Å²) >= 11 is 3.63. The minimum Gasteiger partial charge on any atom is -0.438 e. The lowest BCUT2D eigenvalue weighted by Crippen LogP contribution is -2.15. The summed E-state index contributed by atoms with van der Waals surface area (Å²) in [7, 11) is 0. The van der Waals surface area contributed by atoms with Gasteiger partial charge in [-0.1, -0.05) is 88.7 Å². The van der Waals surface area contributed by atoms with Crippen LogP contribution in [0.25, 0.3) is 27.8 Å². The van der Waals surface area contributed by atoms with Crippen molar-refractivity contribution in [2.75, 3.05) is 0 Å². The molecule has 4 aromatic carbocycles. The second-order valence-corrected chi connectivity index (χ2v) is 9.15. The molecule has 6 aromatic rings. The van der Waals surface area contributed by atoms with Gasteiger partial charge in [0.1, 0.15) is 12.1 Å². The Morgan fingerprint density at radius 3 is 2.47 bits per heavy atom. The second-order valence-electron chi connectivity index (χ2n) is 8.29. The van der Waals surface area contributed by atoms with E-state index in [2.05, 4.69) is 75.5 Å². The maximum atomic E-state index is 6.38. The van der Waals surface area contributed by atoms with Gasteiger partial charge in [-0.25, -0.2) is 14.5 Å². The maximum Gasteiger partial charge on any atom is 0.228 e. The van der Waals surface area contributed by atoms with Gasteiger partial charge < -0.3 is 4.74 Å². The molecule has 1 unspecified atom stereocenters. The molecule has 5 nitrogen and oxygen atoms in total. The van der Waals surface area contributed by atoms with E-state index in [-0.39, 0.29) is 5.92 Å². The van der Waals surface area contributed by atoms with Gasteiger partial charge in [-0.2, -0.15) is 0 Å². The van der Waals surface area contributed by atoms with Crippen molar-refractivity contribution in [1.82, 2.24) is 19.6 Å². The number of hydrogen-bond acceptors (Lipinski definition) is 4. The van der Waals surface area contributed by atoms with Gasteiger partial charge in [0.2, 0.25) is 5.88 Å². The van der Waals surface area contributed by atoms with Gasteiger partial charge in [-0.3, -0.25) is 0 Å². The molecule has 0 spiro atoms. The zero-order valence-electron chi connectivity index (χ0n) is 17.9. The summed E-state index contributed by atoms with van der Waals surface area (Å²) in [5, 5.41) is 7.09. The summed E-state index contributed by atoms with van der Waals surface area (Å²) in [6.07, 6.45) is 1.68. The van der Waals surface area contributed by atoms with Crippen LogP contribution >= 0.6 is 15.9 Å². The van der Waals surface area contributed by atoms with Crippen molar-refractivity contribution in [2.45, 2.75) is 5.92 Å². The molecular formula is C28H17BrN4O. The monoisotopic (exact) mass is 504 g/mol. The average Bonchev–Trinajstić information content (AvgIpc) is 3.32. The van der Waals surface area contributed by atoms with Crippen LogP contribution in [0, 0.1) is 0 Å². The highest BCUT2D eigenvalue weighted by molar-refractivity contribution is 9.10. The standard InChI is InChI=1S/C28H17BrN4O/c29-21-13-7-6-12-20(21)26-31-27-25-23(18-9-2-1-3-10-18)24-19-11-5-4-8-17(19)14-15-22(24)34-28(25)30-16-33(27)32-26/h1-16,23H. The summed E-state index contributed by atoms with van der Waals surface area (Å²) in [5.74, 6) is 1.93. The highest BCUT2D eigenvalue weighted by atomic mass is 79.9. The van der Waals surface area contributed by atoms with Gasteiger partial charge in [-0.15, -0.1) is 5.10 Å². The molecule has 1 aliphatic rings. The predicted octanol–water partition coefficient (Wildman–Crippen LogP) is 6.99. The van der Waals surface area contributed by atoms with Gasteiger partial charge >= 0.3 is 0 Å². The molecule has 7 rings (SSSR count). The van der Waals surface area contributed by atoms with E-state index in [1.54, 1.807) is 10.8 Å². The molecule has 6 heteroatoms. The first-order chi connectivity index (χ1) is 16.8. The Hall–Kier alpha value is -4.03. The molecule has 0 saturated carbocycles. The lowest BCUT2D eigenvalue weighted by Gasteiger charge is -2.29. The molecule has 0 fully saturated rings. The summed E-state index contributed by atoms with van der Waals surface area (Å²) in [6, 6.07) is 31.0. The van der Waals surface area contributed by atoms with E-state index in [9.17, 15) is 0 Å². The summed E-state index contributed by atoms with van der Waals surface area (Å²) < 4.78 is 9.08. The van der Waals surface area contributed by atoms with Crippen LogP contribution in [0.3, 0.4) is 0 Å². The first kappa shape index (κ1) is 19.4. The third kappa shape index (κ3) is 2.89. The van der Waals surface area contributed by atoms with Gasteiger partial charge in [0, 0.05) is 21.5 Å². The Bertz CT molecular complexity index is 1710. The fourth-order valence-electron chi connectivity index (χ4n) is 4.84. The molecule has 34 heavy (non-hydrogen) atoms. The topological polar surface area (TPSA) is 52.3 Å². The van der Waals surface area contributed by atoms with Crippen LogP contribution in [-0.4, -0.2) is 19.6 Å². The van der Waals surface area contributed by atoms with E-state index in [1.807, 2.05) is 36.4 Å². The van der Waals surface area contributed by atoms with Crippen molar-refractivity contribution in [3.05, 3.63) is 118 Å². The highest BCUT2D eigenvalue weighted by Crippen LogP contribution is 2.50. The molecule has 0 amide bonds. The Morgan fingerprint density at radius 1 is 0.794 bits per heavy atom. The first-order valence-corrected chi connectivity index (χ1v) is 11.8. The van der Waals surface area contributed by atoms with E-state index in [4.69, 9.17) is 14.8 Å². The number of nitrogens with zero attached hydrogens (tertiary/aromatic N) is 4. The Balaban J connectivity index is 1.55. The van der Waals surface area contributed by atoms with E-state index < -0.39 is 0 Å². The lowest BCUT2D eigenvalue weighted by molar-refractivity contribution is 0.433. The van der Waals surface area contributed by atoms with Gasteiger partial charge in [-0.05, 0) is 34.5 Å². The van der Waals surface area contributed by atoms with Crippen molar-refractivity contribution >= 4 is 32.3 Å². The van der Waals surface area contributed by atoms with Crippen molar-refractivity contribution in [2.24, 2.45) is 0 Å². The number of aromatic nitrogens is 4. The number of hydrogen-bond donors (Lipinski definition) is 0. The van der Waals surface area contributed by atoms with Crippen LogP contribution in [0.1, 0.15) is 22.6 Å². The molecule has 0 bridgehead atoms. The van der Waals surface area contributed by atoms with Crippen molar-refractivity contribution in [1.29, 1.82) is 0 Å². The van der Waals surface area contributed by atoms with E-state index in [0.29, 0.717) is 11.7 Å². The minimum absolute atomic E-state index is 0.0986. The lowest BCUT2D eigenvalue weighted by atomic mass is 9.81. The molecule has 0 N–H and O–H groups in total. The number of halogens is 1. The SMILES string of the molecule is Brc1ccccc1-c1nc2c3c(ncn2n1)Oc1ccc2ccccc2c1C3c1ccccc1. The molecule has 0 saturated heterocycles. The van der Waals surface area contributed by atoms with Crippen LogP contribution in [-0.2, 0) is 0 Å². The van der Waals surface area contributed by atoms with Gasteiger partial charge in [0.25, 0.3) is 0 Å². The fraction of sp³-hybridized carbons (Fsp3) is 0.0357. The normalized spacial score (nSPS) is 14.6. The van der Waals surface area contributed by atoms with Crippen molar-refractivity contribution in [3.63, 3.8) is 0 Å². The Morgan fingerprint density at radius 2 is 1.59 bits per heavy atom. The van der Waals surface area contributed by atoms with E-state index >= 15 is 0 Å². The second kappa shape index (κ2) is 7.50. The smallest absolute Gasteiger partial charge is 0.228 e. The molecule has 0 radical (unpaired) electrons. The van der Waals surface area contributed by atoms with Crippen molar-refractivity contribution < 1.29 is 4.74 Å². The van der Waals surface area contributed by atoms with Gasteiger partial charge in [0.15, 0.2) is 11.5 Å². The van der Waals surface area contributed by atoms with Crippen molar-refractivity contribution in [3.8, 4) is 23.0 Å². The van der Waals surface area contributed by atoms with Crippen LogP contribution in [0.4, 0.5) is 0 Å². The number of fused-ring (bicyclic) bond motifs is 6. The van der Waals surface area contributed by atoms with Crippen LogP contribution in [0.15, 0.2) is 102 Å². The van der Waals surface area contributed by atoms with E-state index in [1.165, 1.54) is 5.39 Å². The van der Waals surface area contributed by atoms with Gasteiger partial charge in [0.05, 0.1) is 5.56 Å². The van der Waals surface area contributed by atoms with Crippen LogP contribution in [0.2, 0.25) is 0 Å². The molecule has 162 valence electrons. The maximum absolute atomic E-state index is 6.38. The summed E-state index contributed by atoms with van der Waals surface area (Å²) in [6.45, 7) is 0. The summed E-state index contributed by atoms with van der Waals surface area (Å²) in [4.78, 5) is 9.65. The minimum atomic E-state index is -0.0986. The van der Waals surface area contributed by atoms with Crippen LogP contribution in [0.5, 0.6) is 11.6 Å². The Kier molecular flexibility index (Phi) is 4.29. The molecular weight excluding hydrogens is 488 g/mol. The fourth-order valence-corrected chi connectivity index (χ4v) is 5.30. The zero-order chi connectivity index (χ0) is 22.6. The molecule has 0 aliphatic carbocycles. The predicted molar refractivity (Wildman–Crippen MR) is 135 cm³/mol. The number of rotatable bonds is 2. The quantitative estimate of drug-likeness (QED) is 0.254. The molecule has 1 aliphatic heterocycles. The average molecular weight is 505 g/mol. The largest absolute Gasteiger partial charge is 0.438 e. The third-order valence-electron chi connectivity index (χ3n) is 6.35. The molecule has 2 aromatic heterocycles. The number of benzene rings is 4. The summed E-state index contributed by atoms with van der Waals surface area (Å²) in [5.41, 5.74) is 4.87. The highest BCUT2D eigenvalue weighted by Gasteiger charge is 2.34. The molecule has 3 heterocycles. The molecule has 1 atom stereocenters. The third-order valence-corrected chi connectivity index (χ3v) is 7.04. The number of ether oxygens (including phenoxy) is 1. The zero-order valence-corrected chi connectivity index (χ0v) is 19.5. The van der Waals surface area contributed by atoms with Crippen LogP contribution < -0.4 is 4.74 Å².